The van der Waals surface area contributed by atoms with Crippen LogP contribution in [0.3, 0.4) is 0 Å². The third kappa shape index (κ3) is 3.56. The van der Waals surface area contributed by atoms with E-state index >= 15 is 0 Å². The van der Waals surface area contributed by atoms with Gasteiger partial charge in [0.05, 0.1) is 11.9 Å². The summed E-state index contributed by atoms with van der Waals surface area (Å²) in [6.45, 7) is 3.00. The molecule has 1 N–H and O–H groups in total. The van der Waals surface area contributed by atoms with Gasteiger partial charge in [-0.2, -0.15) is 5.26 Å². The predicted octanol–water partition coefficient (Wildman–Crippen LogP) is 1.32. The molecule has 0 aliphatic rings. The highest BCUT2D eigenvalue weighted by atomic mass is 15.1. The van der Waals surface area contributed by atoms with Crippen LogP contribution in [0.5, 0.6) is 0 Å². The lowest BCUT2D eigenvalue weighted by atomic mass is 10.3. The second-order valence-corrected chi connectivity index (χ2v) is 3.74. The molecule has 0 aliphatic heterocycles. The number of hydrogen-bond donors (Lipinski definition) is 1. The van der Waals surface area contributed by atoms with Gasteiger partial charge in [0, 0.05) is 12.6 Å². The highest BCUT2D eigenvalue weighted by Crippen LogP contribution is 2.05. The van der Waals surface area contributed by atoms with Gasteiger partial charge in [0.15, 0.2) is 0 Å². The Morgan fingerprint density at radius 3 is 2.73 bits per heavy atom. The Morgan fingerprint density at radius 1 is 1.53 bits per heavy atom. The van der Waals surface area contributed by atoms with E-state index in [1.165, 1.54) is 0 Å². The van der Waals surface area contributed by atoms with E-state index in [1.54, 1.807) is 12.3 Å². The molecule has 4 heteroatoms. The molecule has 1 aromatic heterocycles. The standard InChI is InChI=1S/C11H16N4/c1-9(15(2)3)7-13-11-5-4-10(6-12)14-8-11/h4-5,8-9,13H,7H2,1-3H3. The van der Waals surface area contributed by atoms with Gasteiger partial charge < -0.3 is 10.2 Å². The summed E-state index contributed by atoms with van der Waals surface area (Å²) in [4.78, 5) is 6.13. The maximum Gasteiger partial charge on any atom is 0.140 e. The van der Waals surface area contributed by atoms with Crippen LogP contribution in [0.25, 0.3) is 0 Å². The number of aromatic nitrogens is 1. The number of nitrogens with one attached hydrogen (secondary N) is 1. The molecule has 4 nitrogen and oxygen atoms in total. The number of pyridine rings is 1. The van der Waals surface area contributed by atoms with Crippen molar-refractivity contribution in [2.24, 2.45) is 0 Å². The van der Waals surface area contributed by atoms with E-state index in [2.05, 4.69) is 22.1 Å². The minimum atomic E-state index is 0.446. The van der Waals surface area contributed by atoms with Gasteiger partial charge in [-0.1, -0.05) is 0 Å². The second-order valence-electron chi connectivity index (χ2n) is 3.74. The molecule has 15 heavy (non-hydrogen) atoms. The molecule has 0 spiro atoms. The first-order valence-electron chi connectivity index (χ1n) is 4.90. The first kappa shape index (κ1) is 11.5. The first-order valence-corrected chi connectivity index (χ1v) is 4.90. The summed E-state index contributed by atoms with van der Waals surface area (Å²) in [6.07, 6.45) is 1.68. The molecule has 0 bridgehead atoms. The van der Waals surface area contributed by atoms with Crippen LogP contribution in [0.2, 0.25) is 0 Å². The van der Waals surface area contributed by atoms with Crippen LogP contribution in [0, 0.1) is 11.3 Å². The lowest BCUT2D eigenvalue weighted by Crippen LogP contribution is -2.31. The molecule has 1 atom stereocenters. The summed E-state index contributed by atoms with van der Waals surface area (Å²) >= 11 is 0. The average molecular weight is 204 g/mol. The third-order valence-electron chi connectivity index (χ3n) is 2.36. The van der Waals surface area contributed by atoms with E-state index < -0.39 is 0 Å². The maximum absolute atomic E-state index is 8.58. The third-order valence-corrected chi connectivity index (χ3v) is 2.36. The molecule has 1 rings (SSSR count). The number of likely N-dealkylation sites (N-methyl/N-ethyl adjacent to an activating group) is 1. The smallest absolute Gasteiger partial charge is 0.140 e. The van der Waals surface area contributed by atoms with Gasteiger partial charge in [-0.05, 0) is 33.2 Å². The van der Waals surface area contributed by atoms with E-state index in [0.29, 0.717) is 11.7 Å². The minimum Gasteiger partial charge on any atom is -0.382 e. The fourth-order valence-corrected chi connectivity index (χ4v) is 1.01. The topological polar surface area (TPSA) is 52.0 Å². The maximum atomic E-state index is 8.58. The van der Waals surface area contributed by atoms with Crippen LogP contribution in [0.15, 0.2) is 18.3 Å². The van der Waals surface area contributed by atoms with E-state index in [0.717, 1.165) is 12.2 Å². The van der Waals surface area contributed by atoms with Crippen molar-refractivity contribution in [3.8, 4) is 6.07 Å². The van der Waals surface area contributed by atoms with Crippen molar-refractivity contribution >= 4 is 5.69 Å². The molecule has 0 aromatic carbocycles. The molecule has 0 saturated heterocycles. The predicted molar refractivity (Wildman–Crippen MR) is 60.6 cm³/mol. The van der Waals surface area contributed by atoms with Gasteiger partial charge in [-0.15, -0.1) is 0 Å². The summed E-state index contributed by atoms with van der Waals surface area (Å²) in [5.41, 5.74) is 1.39. The summed E-state index contributed by atoms with van der Waals surface area (Å²) < 4.78 is 0. The molecule has 1 heterocycles. The monoisotopic (exact) mass is 204 g/mol. The lowest BCUT2D eigenvalue weighted by Gasteiger charge is -2.20. The van der Waals surface area contributed by atoms with Crippen molar-refractivity contribution in [3.63, 3.8) is 0 Å². The molecule has 80 valence electrons. The van der Waals surface area contributed by atoms with E-state index in [4.69, 9.17) is 5.26 Å². The van der Waals surface area contributed by atoms with Crippen molar-refractivity contribution in [1.82, 2.24) is 9.88 Å². The molecular formula is C11H16N4. The summed E-state index contributed by atoms with van der Waals surface area (Å²) in [7, 11) is 4.09. The quantitative estimate of drug-likeness (QED) is 0.803. The Bertz CT molecular complexity index is 337. The van der Waals surface area contributed by atoms with Crippen LogP contribution in [-0.4, -0.2) is 36.6 Å². The van der Waals surface area contributed by atoms with Crippen molar-refractivity contribution in [1.29, 1.82) is 5.26 Å². The minimum absolute atomic E-state index is 0.446. The molecule has 1 unspecified atom stereocenters. The van der Waals surface area contributed by atoms with Gasteiger partial charge in [0.25, 0.3) is 0 Å². The fourth-order valence-electron chi connectivity index (χ4n) is 1.01. The van der Waals surface area contributed by atoms with Gasteiger partial charge in [-0.25, -0.2) is 4.98 Å². The van der Waals surface area contributed by atoms with Gasteiger partial charge in [0.2, 0.25) is 0 Å². The Kier molecular flexibility index (Phi) is 4.07. The van der Waals surface area contributed by atoms with Gasteiger partial charge >= 0.3 is 0 Å². The largest absolute Gasteiger partial charge is 0.382 e. The first-order chi connectivity index (χ1) is 7.13. The molecule has 0 fully saturated rings. The normalized spacial score (nSPS) is 12.2. The lowest BCUT2D eigenvalue weighted by molar-refractivity contribution is 0.326. The summed E-state index contributed by atoms with van der Waals surface area (Å²) in [5, 5.41) is 11.8. The summed E-state index contributed by atoms with van der Waals surface area (Å²) in [5.74, 6) is 0. The fraction of sp³-hybridized carbons (Fsp3) is 0.455. The van der Waals surface area contributed by atoms with Gasteiger partial charge in [0.1, 0.15) is 11.8 Å². The van der Waals surface area contributed by atoms with E-state index in [9.17, 15) is 0 Å². The highest BCUT2D eigenvalue weighted by molar-refractivity contribution is 5.42. The average Bonchev–Trinajstić information content (AvgIpc) is 2.26. The Balaban J connectivity index is 2.48. The number of anilines is 1. The van der Waals surface area contributed by atoms with Crippen molar-refractivity contribution in [2.45, 2.75) is 13.0 Å². The Labute approximate surface area is 90.5 Å². The van der Waals surface area contributed by atoms with Crippen LogP contribution in [0.1, 0.15) is 12.6 Å². The molecule has 1 aromatic rings. The van der Waals surface area contributed by atoms with Crippen LogP contribution >= 0.6 is 0 Å². The van der Waals surface area contributed by atoms with Crippen LogP contribution in [-0.2, 0) is 0 Å². The van der Waals surface area contributed by atoms with E-state index in [1.807, 2.05) is 26.2 Å². The zero-order chi connectivity index (χ0) is 11.3. The van der Waals surface area contributed by atoms with Crippen LogP contribution in [0.4, 0.5) is 5.69 Å². The molecule has 0 amide bonds. The molecule has 0 radical (unpaired) electrons. The molecule has 0 aliphatic carbocycles. The Morgan fingerprint density at radius 2 is 2.27 bits per heavy atom. The SMILES string of the molecule is CC(CNc1ccc(C#N)nc1)N(C)C. The van der Waals surface area contributed by atoms with Gasteiger partial charge in [-0.3, -0.25) is 0 Å². The Hall–Kier alpha value is -1.60. The highest BCUT2D eigenvalue weighted by Gasteiger charge is 2.03. The zero-order valence-corrected chi connectivity index (χ0v) is 9.36. The van der Waals surface area contributed by atoms with Crippen LogP contribution < -0.4 is 5.32 Å². The van der Waals surface area contributed by atoms with Crippen molar-refractivity contribution in [3.05, 3.63) is 24.0 Å². The number of nitriles is 1. The van der Waals surface area contributed by atoms with E-state index in [-0.39, 0.29) is 0 Å². The number of nitrogens with zero attached hydrogens (tertiary/aromatic N) is 3. The number of rotatable bonds is 4. The summed E-state index contributed by atoms with van der Waals surface area (Å²) in [6, 6.07) is 6.03. The molecular weight excluding hydrogens is 188 g/mol. The number of hydrogen-bond acceptors (Lipinski definition) is 4. The zero-order valence-electron chi connectivity index (χ0n) is 9.36. The van der Waals surface area contributed by atoms with Crippen molar-refractivity contribution < 1.29 is 0 Å². The van der Waals surface area contributed by atoms with Crippen molar-refractivity contribution in [2.75, 3.05) is 26.0 Å². The second kappa shape index (κ2) is 5.32. The molecule has 0 saturated carbocycles.